The molecule has 1 aromatic carbocycles. The molecule has 2 aliphatic rings. The summed E-state index contributed by atoms with van der Waals surface area (Å²) in [6.07, 6.45) is 5.24. The number of benzene rings is 1. The number of likely N-dealkylation sites (tertiary alicyclic amines) is 1. The van der Waals surface area contributed by atoms with E-state index in [1.807, 2.05) is 12.1 Å². The van der Waals surface area contributed by atoms with Crippen LogP contribution in [0.1, 0.15) is 31.2 Å². The van der Waals surface area contributed by atoms with Crippen molar-refractivity contribution in [3.63, 3.8) is 0 Å². The van der Waals surface area contributed by atoms with E-state index in [1.165, 1.54) is 44.3 Å². The summed E-state index contributed by atoms with van der Waals surface area (Å²) in [4.78, 5) is 2.46. The average molecular weight is 231 g/mol. The smallest absolute Gasteiger partial charge is 0.115 e. The molecule has 1 saturated heterocycles. The van der Waals surface area contributed by atoms with Crippen LogP contribution in [-0.4, -0.2) is 30.1 Å². The normalized spacial score (nSPS) is 33.6. The van der Waals surface area contributed by atoms with Crippen LogP contribution < -0.4 is 0 Å². The lowest BCUT2D eigenvalue weighted by Gasteiger charge is -2.43. The molecule has 0 aromatic heterocycles. The van der Waals surface area contributed by atoms with Crippen LogP contribution in [0, 0.1) is 5.92 Å². The fourth-order valence-electron chi connectivity index (χ4n) is 3.94. The minimum Gasteiger partial charge on any atom is -0.508 e. The van der Waals surface area contributed by atoms with Gasteiger partial charge in [-0.1, -0.05) is 18.6 Å². The highest BCUT2D eigenvalue weighted by Crippen LogP contribution is 2.50. The molecule has 0 bridgehead atoms. The number of hydrogen-bond acceptors (Lipinski definition) is 2. The molecule has 3 rings (SSSR count). The third-order valence-corrected chi connectivity index (χ3v) is 4.85. The lowest BCUT2D eigenvalue weighted by molar-refractivity contribution is 0.133. The molecule has 92 valence electrons. The van der Waals surface area contributed by atoms with Gasteiger partial charge in [-0.3, -0.25) is 0 Å². The molecule has 0 unspecified atom stereocenters. The Morgan fingerprint density at radius 2 is 2.24 bits per heavy atom. The largest absolute Gasteiger partial charge is 0.508 e. The molecule has 17 heavy (non-hydrogen) atoms. The monoisotopic (exact) mass is 231 g/mol. The number of hydrogen-bond donors (Lipinski definition) is 1. The van der Waals surface area contributed by atoms with Crippen LogP contribution in [-0.2, 0) is 5.41 Å². The van der Waals surface area contributed by atoms with Crippen LogP contribution in [0.25, 0.3) is 0 Å². The maximum Gasteiger partial charge on any atom is 0.115 e. The molecule has 2 nitrogen and oxygen atoms in total. The summed E-state index contributed by atoms with van der Waals surface area (Å²) in [7, 11) is 2.23. The van der Waals surface area contributed by atoms with Gasteiger partial charge in [0, 0.05) is 12.0 Å². The second-order valence-electron chi connectivity index (χ2n) is 5.81. The maximum absolute atomic E-state index is 9.70. The highest BCUT2D eigenvalue weighted by molar-refractivity contribution is 5.35. The molecule has 2 atom stereocenters. The van der Waals surface area contributed by atoms with Crippen LogP contribution >= 0.6 is 0 Å². The van der Waals surface area contributed by atoms with Crippen LogP contribution in [0.2, 0.25) is 0 Å². The van der Waals surface area contributed by atoms with Gasteiger partial charge in [0.1, 0.15) is 5.75 Å². The van der Waals surface area contributed by atoms with Crippen molar-refractivity contribution in [2.24, 2.45) is 5.92 Å². The molecule has 1 N–H and O–H groups in total. The number of fused-ring (bicyclic) bond motifs is 1. The molecule has 1 heterocycles. The van der Waals surface area contributed by atoms with Gasteiger partial charge < -0.3 is 10.0 Å². The van der Waals surface area contributed by atoms with Crippen molar-refractivity contribution in [1.29, 1.82) is 0 Å². The number of aromatic hydroxyl groups is 1. The number of piperidine rings is 1. The summed E-state index contributed by atoms with van der Waals surface area (Å²) in [5.74, 6) is 1.20. The molecular weight excluding hydrogens is 210 g/mol. The van der Waals surface area contributed by atoms with Gasteiger partial charge >= 0.3 is 0 Å². The van der Waals surface area contributed by atoms with Gasteiger partial charge in [-0.25, -0.2) is 0 Å². The summed E-state index contributed by atoms with van der Waals surface area (Å²) in [5.41, 5.74) is 1.72. The highest BCUT2D eigenvalue weighted by atomic mass is 16.3. The third-order valence-electron chi connectivity index (χ3n) is 4.85. The fourth-order valence-corrected chi connectivity index (χ4v) is 3.94. The van der Waals surface area contributed by atoms with Crippen molar-refractivity contribution in [2.45, 2.75) is 31.1 Å². The lowest BCUT2D eigenvalue weighted by atomic mass is 9.68. The Hall–Kier alpha value is -1.02. The molecular formula is C15H21NO. The standard InChI is InChI=1S/C15H21NO/c1-16-9-8-15(7-3-5-13(15)11-16)12-4-2-6-14(17)10-12/h2,4,6,10,13,17H,3,5,7-9,11H2,1H3/t13-,15-/m0/s1. The summed E-state index contributed by atoms with van der Waals surface area (Å²) in [6, 6.07) is 7.97. The minimum absolute atomic E-state index is 0.352. The summed E-state index contributed by atoms with van der Waals surface area (Å²) < 4.78 is 0. The van der Waals surface area contributed by atoms with E-state index in [2.05, 4.69) is 18.0 Å². The Kier molecular flexibility index (Phi) is 2.62. The SMILES string of the molecule is CN1CC[C@]2(c3cccc(O)c3)CCC[C@H]2C1. The van der Waals surface area contributed by atoms with E-state index < -0.39 is 0 Å². The second-order valence-corrected chi connectivity index (χ2v) is 5.81. The quantitative estimate of drug-likeness (QED) is 0.803. The molecule has 2 heteroatoms. The van der Waals surface area contributed by atoms with Crippen molar-refractivity contribution in [1.82, 2.24) is 4.90 Å². The van der Waals surface area contributed by atoms with Crippen molar-refractivity contribution in [3.05, 3.63) is 29.8 Å². The van der Waals surface area contributed by atoms with E-state index in [4.69, 9.17) is 0 Å². The second kappa shape index (κ2) is 4.02. The van der Waals surface area contributed by atoms with Gasteiger partial charge in [0.15, 0.2) is 0 Å². The summed E-state index contributed by atoms with van der Waals surface area (Å²) >= 11 is 0. The van der Waals surface area contributed by atoms with E-state index in [-0.39, 0.29) is 0 Å². The van der Waals surface area contributed by atoms with E-state index >= 15 is 0 Å². The van der Waals surface area contributed by atoms with Crippen LogP contribution in [0.4, 0.5) is 0 Å². The van der Waals surface area contributed by atoms with Crippen molar-refractivity contribution in [2.75, 3.05) is 20.1 Å². The molecule has 1 aliphatic carbocycles. The first-order valence-electron chi connectivity index (χ1n) is 6.69. The summed E-state index contributed by atoms with van der Waals surface area (Å²) in [5, 5.41) is 9.70. The number of phenolic OH excluding ortho intramolecular Hbond substituents is 1. The van der Waals surface area contributed by atoms with Gasteiger partial charge in [0.25, 0.3) is 0 Å². The van der Waals surface area contributed by atoms with Crippen molar-refractivity contribution in [3.8, 4) is 5.75 Å². The average Bonchev–Trinajstić information content (AvgIpc) is 2.73. The molecule has 0 radical (unpaired) electrons. The van der Waals surface area contributed by atoms with E-state index in [1.54, 1.807) is 6.07 Å². The Balaban J connectivity index is 1.99. The van der Waals surface area contributed by atoms with Crippen LogP contribution in [0.5, 0.6) is 5.75 Å². The first-order valence-corrected chi connectivity index (χ1v) is 6.69. The summed E-state index contributed by atoms with van der Waals surface area (Å²) in [6.45, 7) is 2.40. The van der Waals surface area contributed by atoms with E-state index in [0.29, 0.717) is 11.2 Å². The third kappa shape index (κ3) is 1.75. The Morgan fingerprint density at radius 1 is 1.35 bits per heavy atom. The molecule has 1 aromatic rings. The molecule has 0 spiro atoms. The molecule has 0 amide bonds. The van der Waals surface area contributed by atoms with Gasteiger partial charge in [-0.2, -0.15) is 0 Å². The Morgan fingerprint density at radius 3 is 3.06 bits per heavy atom. The first kappa shape index (κ1) is 11.1. The maximum atomic E-state index is 9.70. The number of rotatable bonds is 1. The first-order chi connectivity index (χ1) is 8.21. The Bertz CT molecular complexity index is 417. The predicted octanol–water partition coefficient (Wildman–Crippen LogP) is 2.77. The molecule has 1 saturated carbocycles. The fraction of sp³-hybridized carbons (Fsp3) is 0.600. The zero-order valence-electron chi connectivity index (χ0n) is 10.5. The van der Waals surface area contributed by atoms with E-state index in [9.17, 15) is 5.11 Å². The molecule has 1 aliphatic heterocycles. The topological polar surface area (TPSA) is 23.5 Å². The van der Waals surface area contributed by atoms with Crippen molar-refractivity contribution >= 4 is 0 Å². The lowest BCUT2D eigenvalue weighted by Crippen LogP contribution is -2.45. The number of phenols is 1. The van der Waals surface area contributed by atoms with Crippen molar-refractivity contribution < 1.29 is 5.11 Å². The van der Waals surface area contributed by atoms with E-state index in [0.717, 1.165) is 5.92 Å². The highest BCUT2D eigenvalue weighted by Gasteiger charge is 2.46. The zero-order chi connectivity index (χ0) is 11.9. The predicted molar refractivity (Wildman–Crippen MR) is 69.2 cm³/mol. The van der Waals surface area contributed by atoms with Gasteiger partial charge in [0.05, 0.1) is 0 Å². The van der Waals surface area contributed by atoms with Crippen LogP contribution in [0.3, 0.4) is 0 Å². The van der Waals surface area contributed by atoms with Gasteiger partial charge in [-0.05, 0) is 56.5 Å². The van der Waals surface area contributed by atoms with Crippen LogP contribution in [0.15, 0.2) is 24.3 Å². The van der Waals surface area contributed by atoms with Gasteiger partial charge in [-0.15, -0.1) is 0 Å². The minimum atomic E-state index is 0.352. The van der Waals surface area contributed by atoms with Gasteiger partial charge in [0.2, 0.25) is 0 Å². The Labute approximate surface area is 103 Å². The molecule has 2 fully saturated rings. The zero-order valence-corrected chi connectivity index (χ0v) is 10.5. The number of nitrogens with zero attached hydrogens (tertiary/aromatic N) is 1.